The molecule has 0 bridgehead atoms. The lowest BCUT2D eigenvalue weighted by Crippen LogP contribution is -2.43. The third-order valence-electron chi connectivity index (χ3n) is 20.2. The molecule has 620 valence electrons. The van der Waals surface area contributed by atoms with Crippen LogP contribution >= 0.6 is 0 Å². The monoisotopic (exact) mass is 1580 g/mol. The van der Waals surface area contributed by atoms with Crippen LogP contribution in [-0.2, 0) is 118 Å². The number of rotatable bonds is 50. The number of nitrogens with zero attached hydrogens (tertiary/aromatic N) is 10. The van der Waals surface area contributed by atoms with Crippen LogP contribution in [0.4, 0.5) is 0 Å². The molecule has 0 saturated heterocycles. The topological polar surface area (TPSA) is 399 Å². The van der Waals surface area contributed by atoms with Gasteiger partial charge in [0, 0.05) is 128 Å². The minimum atomic E-state index is -1.10. The second-order valence-corrected chi connectivity index (χ2v) is 28.3. The number of amides is 4. The van der Waals surface area contributed by atoms with Gasteiger partial charge >= 0.3 is 0 Å². The van der Waals surface area contributed by atoms with Gasteiger partial charge in [0.15, 0.2) is 57.8 Å². The van der Waals surface area contributed by atoms with E-state index in [1.54, 1.807) is 46.3 Å². The third kappa shape index (κ3) is 31.1. The Morgan fingerprint density at radius 2 is 0.746 bits per heavy atom. The number of aryl methyl sites for hydroxylation is 3. The highest BCUT2D eigenvalue weighted by Crippen LogP contribution is 2.19. The molecule has 4 amide bonds. The van der Waals surface area contributed by atoms with Gasteiger partial charge in [0.25, 0.3) is 34.4 Å². The molecule has 6 aromatic rings. The quantitative estimate of drug-likeness (QED) is 0.0144. The summed E-state index contributed by atoms with van der Waals surface area (Å²) in [5.41, 5.74) is -0.0109. The van der Waals surface area contributed by atoms with Crippen molar-refractivity contribution in [3.63, 3.8) is 0 Å². The zero-order valence-corrected chi connectivity index (χ0v) is 68.3. The second kappa shape index (κ2) is 49.4. The van der Waals surface area contributed by atoms with E-state index in [0.717, 1.165) is 69.8 Å². The first-order valence-corrected chi connectivity index (χ1v) is 39.0. The van der Waals surface area contributed by atoms with Crippen LogP contribution in [-0.4, -0.2) is 162 Å². The predicted molar refractivity (Wildman–Crippen MR) is 426 cm³/mol. The predicted octanol–water partition coefficient (Wildman–Crippen LogP) is 7.47. The summed E-state index contributed by atoms with van der Waals surface area (Å²) in [6.07, 6.45) is 21.3. The highest BCUT2D eigenvalue weighted by atomic mass is 16.7. The van der Waals surface area contributed by atoms with Gasteiger partial charge in [0.05, 0.1) is 89.0 Å². The molecule has 3 N–H and O–H groups in total. The normalized spacial score (nSPS) is 11.8. The van der Waals surface area contributed by atoms with Crippen LogP contribution in [0.25, 0.3) is 0 Å². The van der Waals surface area contributed by atoms with Crippen molar-refractivity contribution in [3.8, 4) is 0 Å². The van der Waals surface area contributed by atoms with Crippen molar-refractivity contribution in [3.05, 3.63) is 170 Å². The fourth-order valence-electron chi connectivity index (χ4n) is 12.5. The number of hydrogen-bond donors (Lipinski definition) is 3. The van der Waals surface area contributed by atoms with Crippen molar-refractivity contribution in [2.45, 2.75) is 228 Å². The van der Waals surface area contributed by atoms with Gasteiger partial charge in [-0.25, -0.2) is 20.0 Å². The Labute approximate surface area is 665 Å². The molecular weight excluding hydrogens is 1470 g/mol. The average Bonchev–Trinajstić information content (AvgIpc) is 1.72. The third-order valence-corrected chi connectivity index (χ3v) is 20.2. The van der Waals surface area contributed by atoms with Crippen molar-refractivity contribution in [1.82, 2.24) is 63.4 Å². The molecule has 0 unspecified atom stereocenters. The molecule has 0 fully saturated rings. The van der Waals surface area contributed by atoms with Gasteiger partial charge in [0.1, 0.15) is 17.1 Å². The highest BCUT2D eigenvalue weighted by Gasteiger charge is 2.30. The van der Waals surface area contributed by atoms with Crippen molar-refractivity contribution < 1.29 is 71.9 Å². The van der Waals surface area contributed by atoms with E-state index in [0.29, 0.717) is 37.0 Å². The molecule has 0 aliphatic rings. The molecule has 0 aliphatic carbocycles. The fraction of sp³-hybridized carbons (Fsp3) is 0.530. The molecule has 0 radical (unpaired) electrons. The molecule has 0 aliphatic heterocycles. The van der Waals surface area contributed by atoms with Crippen LogP contribution in [0.15, 0.2) is 119 Å². The van der Waals surface area contributed by atoms with E-state index >= 15 is 0 Å². The zero-order chi connectivity index (χ0) is 84.7. The number of carbonyl (C=O) groups is 13. The Hall–Kier alpha value is -11.1. The number of hydroxylamine groups is 2. The van der Waals surface area contributed by atoms with Crippen molar-refractivity contribution in [2.24, 2.45) is 38.9 Å². The number of carbonyl (C=O) groups excluding carboxylic acids is 13. The van der Waals surface area contributed by atoms with Gasteiger partial charge in [-0.3, -0.25) is 81.6 Å². The number of Topliss-reactive ketones (excluding diaryl/α,β-unsaturated/α-hetero) is 9. The van der Waals surface area contributed by atoms with E-state index < -0.39 is 81.4 Å². The minimum Gasteiger partial charge on any atom is -0.491 e. The van der Waals surface area contributed by atoms with Gasteiger partial charge in [-0.1, -0.05) is 105 Å². The lowest BCUT2D eigenvalue weighted by atomic mass is 9.96. The maximum Gasteiger partial charge on any atom is 0.270 e. The molecule has 31 heteroatoms. The van der Waals surface area contributed by atoms with Gasteiger partial charge in [-0.15, -0.1) is 0 Å². The van der Waals surface area contributed by atoms with E-state index in [9.17, 15) is 76.7 Å². The minimum absolute atomic E-state index is 0.00286. The highest BCUT2D eigenvalue weighted by molar-refractivity contribution is 6.36. The summed E-state index contributed by atoms with van der Waals surface area (Å²) in [6, 6.07) is 6.26. The Morgan fingerprint density at radius 3 is 1.01 bits per heavy atom. The van der Waals surface area contributed by atoms with Crippen LogP contribution in [0.3, 0.4) is 0 Å². The van der Waals surface area contributed by atoms with Crippen molar-refractivity contribution >= 4 is 75.7 Å². The van der Waals surface area contributed by atoms with E-state index in [2.05, 4.69) is 79.0 Å². The van der Waals surface area contributed by atoms with E-state index in [1.807, 2.05) is 0 Å². The summed E-state index contributed by atoms with van der Waals surface area (Å²) in [5, 5.41) is 9.00. The van der Waals surface area contributed by atoms with E-state index in [1.165, 1.54) is 116 Å². The maximum atomic E-state index is 13.3. The first-order chi connectivity index (χ1) is 54.3. The maximum absolute atomic E-state index is 13.3. The molecule has 0 spiro atoms. The summed E-state index contributed by atoms with van der Waals surface area (Å²) in [6.45, 7) is 19.1. The molecular formula is C83H115N13O18. The molecule has 0 aromatic carbocycles. The van der Waals surface area contributed by atoms with Crippen LogP contribution < -0.4 is 32.6 Å². The molecule has 6 heterocycles. The Kier molecular flexibility index (Phi) is 41.3. The first-order valence-electron chi connectivity index (χ1n) is 39.0. The summed E-state index contributed by atoms with van der Waals surface area (Å²) in [5.74, 6) is -3.71. The summed E-state index contributed by atoms with van der Waals surface area (Å²) in [7, 11) is 7.71. The average molecular weight is 1580 g/mol. The number of ketones is 9. The number of pyridine rings is 3. The second-order valence-electron chi connectivity index (χ2n) is 28.3. The molecule has 6 aromatic heterocycles. The smallest absolute Gasteiger partial charge is 0.270 e. The van der Waals surface area contributed by atoms with Crippen molar-refractivity contribution in [1.29, 1.82) is 0 Å². The Morgan fingerprint density at radius 1 is 0.447 bits per heavy atom. The summed E-state index contributed by atoms with van der Waals surface area (Å²) < 4.78 is 13.6. The lowest BCUT2D eigenvalue weighted by molar-refractivity contribution is -0.168. The fourth-order valence-corrected chi connectivity index (χ4v) is 12.5. The number of nitrogens with one attached hydrogen (secondary N) is 3. The Balaban J connectivity index is 0.000000360. The van der Waals surface area contributed by atoms with Crippen molar-refractivity contribution in [2.75, 3.05) is 20.8 Å². The molecule has 0 saturated carbocycles. The summed E-state index contributed by atoms with van der Waals surface area (Å²) in [4.78, 5) is 219. The molecule has 3 atom stereocenters. The van der Waals surface area contributed by atoms with Crippen LogP contribution in [0, 0.1) is 17.8 Å². The van der Waals surface area contributed by atoms with Crippen LogP contribution in [0.5, 0.6) is 0 Å². The zero-order valence-electron chi connectivity index (χ0n) is 68.3. The van der Waals surface area contributed by atoms with E-state index in [4.69, 9.17) is 9.57 Å². The van der Waals surface area contributed by atoms with Gasteiger partial charge in [-0.2, -0.15) is 0 Å². The number of allylic oxidation sites excluding steroid dienone is 1. The van der Waals surface area contributed by atoms with E-state index in [-0.39, 0.29) is 153 Å². The van der Waals surface area contributed by atoms with Gasteiger partial charge in [-0.05, 0) is 81.4 Å². The first kappa shape index (κ1) is 95.3. The Bertz CT molecular complexity index is 4470. The number of aromatic nitrogens is 9. The van der Waals surface area contributed by atoms with Gasteiger partial charge < -0.3 is 48.1 Å². The molecule has 31 nitrogen and oxygen atoms in total. The largest absolute Gasteiger partial charge is 0.491 e. The number of hydrogen-bond acceptors (Lipinski definition) is 21. The number of imidazole rings is 3. The standard InChI is InChI=1S/C29H40N4O6.C27H39N5O6.C27H36N4O6/c1-6-21(7-2)11-12-23(34)18-33-15-9-10-22(29(33)38)16-27(36)24(13-14-26(35)20(4)39-8-3)31-28(37)25-17-30-19-32(25)5;1-6-19(7-2)10-11-21(33)17-32-14-8-9-20(27(32)37)15-24(34)22(12-13-25(35)31(4)38-5)29-26(36)23-16-28-18-30(23)3;1-5-19(6-2)9-10-21(33)16-31-13-7-8-20(27(31)37)14-25(35)22(11-12-24(34)18(3)32)29-26(36)23-15-28-17-30(23)4/h9-10,15,17,19,21,24H,4,6-8,11-14,16,18H2,1-3,5H3,(H,31,37);8-9,14,16,18-19,22H,6-7,10-13,15,17H2,1-5H3,(H,29,36);7-8,13,15,17,19,22H,5-6,9-12,14,16H2,1-4H3,(H,29,36)/t24-;2*22-/m000/s1. The van der Waals surface area contributed by atoms with Crippen LogP contribution in [0.2, 0.25) is 0 Å². The molecule has 114 heavy (non-hydrogen) atoms. The van der Waals surface area contributed by atoms with Gasteiger partial charge in [0.2, 0.25) is 5.91 Å². The SMILES string of the molecule is C=C(OCC)C(=O)CC[C@H](NC(=O)c1cncn1C)C(=O)Cc1cccn(CC(=O)CCC(CC)CC)c1=O.CCC(CC)CCC(=O)Cn1cccc(CC(=O)[C@H](CCC(=O)C(C)=O)NC(=O)c2cncn2C)c1=O.CCC(CC)CCC(=O)Cn1cccc(CC(=O)[C@H](CCC(=O)N(C)OC)NC(=O)c2cncn2C)c1=O. The molecule has 6 rings (SSSR count). The lowest BCUT2D eigenvalue weighted by Gasteiger charge is -2.19. The van der Waals surface area contributed by atoms with Crippen LogP contribution in [0.1, 0.15) is 219 Å². The summed E-state index contributed by atoms with van der Waals surface area (Å²) >= 11 is 0. The number of ether oxygens (including phenoxy) is 1.